The van der Waals surface area contributed by atoms with Crippen molar-refractivity contribution < 1.29 is 4.74 Å². The standard InChI is InChI=1S/C9H17ClO/c1-2-9(11-8-10)6-4-3-5-7-9/h2-8H2,1H3. The maximum absolute atomic E-state index is 5.59. The summed E-state index contributed by atoms with van der Waals surface area (Å²) in [7, 11) is 0. The molecule has 11 heavy (non-hydrogen) atoms. The van der Waals surface area contributed by atoms with Gasteiger partial charge in [0.05, 0.1) is 5.60 Å². The summed E-state index contributed by atoms with van der Waals surface area (Å²) in [6, 6.07) is 0.355. The molecule has 0 saturated heterocycles. The van der Waals surface area contributed by atoms with Crippen LogP contribution in [-0.2, 0) is 4.74 Å². The molecule has 1 rings (SSSR count). The van der Waals surface area contributed by atoms with Gasteiger partial charge in [-0.2, -0.15) is 0 Å². The molecule has 1 fully saturated rings. The Balaban J connectivity index is 2.42. The van der Waals surface area contributed by atoms with Crippen molar-refractivity contribution in [3.63, 3.8) is 0 Å². The molecule has 2 heteroatoms. The molecule has 1 aliphatic rings. The van der Waals surface area contributed by atoms with Crippen molar-refractivity contribution in [1.29, 1.82) is 0 Å². The van der Waals surface area contributed by atoms with Crippen LogP contribution in [0.4, 0.5) is 0 Å². The van der Waals surface area contributed by atoms with E-state index < -0.39 is 0 Å². The molecule has 0 amide bonds. The molecule has 66 valence electrons. The summed E-state index contributed by atoms with van der Waals surface area (Å²) >= 11 is 5.58. The fraction of sp³-hybridized carbons (Fsp3) is 1.00. The van der Waals surface area contributed by atoms with E-state index in [1.807, 2.05) is 0 Å². The lowest BCUT2D eigenvalue weighted by Gasteiger charge is -2.35. The van der Waals surface area contributed by atoms with Crippen molar-refractivity contribution >= 4 is 11.6 Å². The second-order valence-electron chi connectivity index (χ2n) is 3.35. The number of hydrogen-bond donors (Lipinski definition) is 0. The molecule has 0 aromatic rings. The first-order chi connectivity index (χ1) is 5.33. The van der Waals surface area contributed by atoms with Gasteiger partial charge in [0.25, 0.3) is 0 Å². The summed E-state index contributed by atoms with van der Waals surface area (Å²) in [5, 5.41) is 0. The lowest BCUT2D eigenvalue weighted by molar-refractivity contribution is -0.0518. The lowest BCUT2D eigenvalue weighted by Crippen LogP contribution is -2.33. The second kappa shape index (κ2) is 4.32. The highest BCUT2D eigenvalue weighted by Gasteiger charge is 2.30. The zero-order valence-corrected chi connectivity index (χ0v) is 7.99. The van der Waals surface area contributed by atoms with Gasteiger partial charge in [-0.15, -0.1) is 0 Å². The minimum Gasteiger partial charge on any atom is -0.359 e. The SMILES string of the molecule is CCC1(OCCl)CCCCC1. The second-order valence-corrected chi connectivity index (χ2v) is 3.57. The Kier molecular flexibility index (Phi) is 3.67. The highest BCUT2D eigenvalue weighted by atomic mass is 35.5. The van der Waals surface area contributed by atoms with Gasteiger partial charge < -0.3 is 4.74 Å². The third-order valence-corrected chi connectivity index (χ3v) is 2.88. The van der Waals surface area contributed by atoms with Crippen LogP contribution in [-0.4, -0.2) is 11.7 Å². The summed E-state index contributed by atoms with van der Waals surface area (Å²) in [5.41, 5.74) is 0.139. The number of alkyl halides is 1. The van der Waals surface area contributed by atoms with E-state index in [9.17, 15) is 0 Å². The number of ether oxygens (including phenoxy) is 1. The van der Waals surface area contributed by atoms with Crippen molar-refractivity contribution in [3.05, 3.63) is 0 Å². The van der Waals surface area contributed by atoms with Gasteiger partial charge in [-0.25, -0.2) is 0 Å². The van der Waals surface area contributed by atoms with Crippen LogP contribution in [0.1, 0.15) is 45.4 Å². The average molecular weight is 177 g/mol. The third kappa shape index (κ3) is 2.34. The van der Waals surface area contributed by atoms with E-state index in [0.717, 1.165) is 6.42 Å². The Morgan fingerprint density at radius 2 is 1.91 bits per heavy atom. The molecular weight excluding hydrogens is 160 g/mol. The van der Waals surface area contributed by atoms with Crippen LogP contribution in [0.15, 0.2) is 0 Å². The fourth-order valence-corrected chi connectivity index (χ4v) is 2.14. The van der Waals surface area contributed by atoms with Crippen molar-refractivity contribution in [3.8, 4) is 0 Å². The monoisotopic (exact) mass is 176 g/mol. The topological polar surface area (TPSA) is 9.23 Å². The van der Waals surface area contributed by atoms with Crippen LogP contribution >= 0.6 is 11.6 Å². The average Bonchev–Trinajstić information content (AvgIpc) is 2.07. The maximum atomic E-state index is 5.59. The summed E-state index contributed by atoms with van der Waals surface area (Å²) < 4.78 is 5.59. The van der Waals surface area contributed by atoms with Gasteiger partial charge in [0.2, 0.25) is 0 Å². The van der Waals surface area contributed by atoms with Crippen LogP contribution in [0.3, 0.4) is 0 Å². The van der Waals surface area contributed by atoms with Gasteiger partial charge in [0.1, 0.15) is 6.07 Å². The number of rotatable bonds is 3. The summed E-state index contributed by atoms with van der Waals surface area (Å²) in [5.74, 6) is 0. The molecular formula is C9H17ClO. The predicted molar refractivity (Wildman–Crippen MR) is 47.9 cm³/mol. The molecule has 0 heterocycles. The molecule has 0 aliphatic heterocycles. The van der Waals surface area contributed by atoms with Gasteiger partial charge in [-0.3, -0.25) is 0 Å². The van der Waals surface area contributed by atoms with Gasteiger partial charge in [-0.1, -0.05) is 37.8 Å². The molecule has 0 aromatic heterocycles. The predicted octanol–water partition coefficient (Wildman–Crippen LogP) is 3.31. The van der Waals surface area contributed by atoms with E-state index in [0.29, 0.717) is 6.07 Å². The van der Waals surface area contributed by atoms with E-state index in [1.54, 1.807) is 0 Å². The Hall–Kier alpha value is 0.250. The Morgan fingerprint density at radius 1 is 1.27 bits per heavy atom. The van der Waals surface area contributed by atoms with Crippen LogP contribution in [0.25, 0.3) is 0 Å². The molecule has 0 aromatic carbocycles. The molecule has 0 N–H and O–H groups in total. The van der Waals surface area contributed by atoms with Gasteiger partial charge in [-0.05, 0) is 19.3 Å². The molecule has 0 unspecified atom stereocenters. The van der Waals surface area contributed by atoms with E-state index in [4.69, 9.17) is 16.3 Å². The van der Waals surface area contributed by atoms with Crippen LogP contribution in [0, 0.1) is 0 Å². The highest BCUT2D eigenvalue weighted by molar-refractivity contribution is 6.17. The molecule has 0 radical (unpaired) electrons. The number of halogens is 1. The van der Waals surface area contributed by atoms with Gasteiger partial charge >= 0.3 is 0 Å². The van der Waals surface area contributed by atoms with Crippen LogP contribution < -0.4 is 0 Å². The maximum Gasteiger partial charge on any atom is 0.121 e. The Morgan fingerprint density at radius 3 is 2.36 bits per heavy atom. The molecule has 1 saturated carbocycles. The zero-order chi connectivity index (χ0) is 8.16. The fourth-order valence-electron chi connectivity index (χ4n) is 1.91. The van der Waals surface area contributed by atoms with E-state index >= 15 is 0 Å². The largest absolute Gasteiger partial charge is 0.359 e. The summed E-state index contributed by atoms with van der Waals surface area (Å²) in [4.78, 5) is 0. The van der Waals surface area contributed by atoms with Crippen molar-refractivity contribution in [2.75, 3.05) is 6.07 Å². The minimum atomic E-state index is 0.139. The van der Waals surface area contributed by atoms with Gasteiger partial charge in [0, 0.05) is 0 Å². The molecule has 0 atom stereocenters. The first kappa shape index (κ1) is 9.34. The third-order valence-electron chi connectivity index (χ3n) is 2.77. The quantitative estimate of drug-likeness (QED) is 0.600. The summed E-state index contributed by atoms with van der Waals surface area (Å²) in [6.07, 6.45) is 7.51. The number of hydrogen-bond acceptors (Lipinski definition) is 1. The first-order valence-corrected chi connectivity index (χ1v) is 5.06. The van der Waals surface area contributed by atoms with Gasteiger partial charge in [0.15, 0.2) is 0 Å². The normalized spacial score (nSPS) is 23.5. The molecule has 1 aliphatic carbocycles. The van der Waals surface area contributed by atoms with Crippen LogP contribution in [0.2, 0.25) is 0 Å². The Bertz CT molecular complexity index is 103. The van der Waals surface area contributed by atoms with E-state index in [-0.39, 0.29) is 5.60 Å². The summed E-state index contributed by atoms with van der Waals surface area (Å²) in [6.45, 7) is 2.19. The molecule has 0 spiro atoms. The first-order valence-electron chi connectivity index (χ1n) is 4.53. The highest BCUT2D eigenvalue weighted by Crippen LogP contribution is 2.34. The molecule has 0 bridgehead atoms. The van der Waals surface area contributed by atoms with Crippen molar-refractivity contribution in [2.45, 2.75) is 51.0 Å². The van der Waals surface area contributed by atoms with Crippen molar-refractivity contribution in [2.24, 2.45) is 0 Å². The van der Waals surface area contributed by atoms with Crippen LogP contribution in [0.5, 0.6) is 0 Å². The minimum absolute atomic E-state index is 0.139. The van der Waals surface area contributed by atoms with Crippen molar-refractivity contribution in [1.82, 2.24) is 0 Å². The molecule has 1 nitrogen and oxygen atoms in total. The lowest BCUT2D eigenvalue weighted by atomic mass is 9.83. The van der Waals surface area contributed by atoms with E-state index in [2.05, 4.69) is 6.92 Å². The van der Waals surface area contributed by atoms with E-state index in [1.165, 1.54) is 32.1 Å². The zero-order valence-electron chi connectivity index (χ0n) is 7.24. The Labute approximate surface area is 74.1 Å². The smallest absolute Gasteiger partial charge is 0.121 e.